The highest BCUT2D eigenvalue weighted by Crippen LogP contribution is 2.19. The number of carboxylic acids is 1. The summed E-state index contributed by atoms with van der Waals surface area (Å²) in [5.74, 6) is -2.40. The summed E-state index contributed by atoms with van der Waals surface area (Å²) in [6, 6.07) is 2.00. The molecule has 0 spiro atoms. The molecule has 8 heteroatoms. The molecule has 1 unspecified atom stereocenters. The smallest absolute Gasteiger partial charge is 0.328 e. The predicted molar refractivity (Wildman–Crippen MR) is 62.7 cm³/mol. The molecule has 0 fully saturated rings. The highest BCUT2D eigenvalue weighted by Gasteiger charge is 2.22. The van der Waals surface area contributed by atoms with Crippen molar-refractivity contribution in [3.8, 4) is 0 Å². The summed E-state index contributed by atoms with van der Waals surface area (Å²) in [6.07, 6.45) is 0. The number of carbonyl (C=O) groups is 2. The lowest BCUT2D eigenvalue weighted by Crippen LogP contribution is -2.42. The number of nitro groups is 1. The number of hydrogen-bond acceptors (Lipinski definition) is 4. The lowest BCUT2D eigenvalue weighted by Gasteiger charge is -2.10. The lowest BCUT2D eigenvalue weighted by atomic mass is 10.1. The van der Waals surface area contributed by atoms with Gasteiger partial charge in [0.05, 0.1) is 4.92 Å². The maximum absolute atomic E-state index is 12.4. The van der Waals surface area contributed by atoms with E-state index >= 15 is 0 Å². The number of carboxylic acid groups (broad SMARTS) is 1. The van der Waals surface area contributed by atoms with Gasteiger partial charge in [-0.1, -0.05) is 6.07 Å². The molecule has 7 nitrogen and oxygen atoms in total. The molecular formula is C11H11FN2O5. The summed E-state index contributed by atoms with van der Waals surface area (Å²) >= 11 is 0. The summed E-state index contributed by atoms with van der Waals surface area (Å²) in [5.41, 5.74) is -0.00130. The van der Waals surface area contributed by atoms with E-state index in [1.165, 1.54) is 19.1 Å². The molecule has 1 aromatic rings. The first-order valence-corrected chi connectivity index (χ1v) is 5.21. The Labute approximate surface area is 107 Å². The summed E-state index contributed by atoms with van der Waals surface area (Å²) < 4.78 is 12.4. The maximum Gasteiger partial charge on any atom is 0.328 e. The molecular weight excluding hydrogens is 259 g/mol. The van der Waals surface area contributed by atoms with Crippen molar-refractivity contribution in [2.75, 3.05) is 6.67 Å². The molecule has 2 N–H and O–H groups in total. The Morgan fingerprint density at radius 1 is 1.53 bits per heavy atom. The zero-order valence-corrected chi connectivity index (χ0v) is 9.92. The van der Waals surface area contributed by atoms with Crippen LogP contribution >= 0.6 is 0 Å². The molecule has 19 heavy (non-hydrogen) atoms. The number of amides is 1. The summed E-state index contributed by atoms with van der Waals surface area (Å²) in [5, 5.41) is 21.2. The molecule has 0 aliphatic carbocycles. The topological polar surface area (TPSA) is 110 Å². The van der Waals surface area contributed by atoms with Crippen molar-refractivity contribution in [3.05, 3.63) is 39.4 Å². The Morgan fingerprint density at radius 3 is 2.63 bits per heavy atom. The SMILES string of the molecule is Cc1ccc(C(=O)NC(CF)C(=O)O)cc1[N+](=O)[O-]. The van der Waals surface area contributed by atoms with Gasteiger partial charge >= 0.3 is 5.97 Å². The normalized spacial score (nSPS) is 11.7. The van der Waals surface area contributed by atoms with Gasteiger partial charge in [0.2, 0.25) is 0 Å². The van der Waals surface area contributed by atoms with Gasteiger partial charge in [0.25, 0.3) is 11.6 Å². The number of nitrogens with one attached hydrogen (secondary N) is 1. The average molecular weight is 270 g/mol. The van der Waals surface area contributed by atoms with Crippen LogP contribution in [0, 0.1) is 17.0 Å². The molecule has 0 saturated heterocycles. The second kappa shape index (κ2) is 5.89. The molecule has 1 atom stereocenters. The second-order valence-corrected chi connectivity index (χ2v) is 3.78. The fraction of sp³-hybridized carbons (Fsp3) is 0.273. The number of alkyl halides is 1. The van der Waals surface area contributed by atoms with Crippen LogP contribution in [0.25, 0.3) is 0 Å². The molecule has 0 saturated carbocycles. The van der Waals surface area contributed by atoms with E-state index in [2.05, 4.69) is 0 Å². The minimum atomic E-state index is -1.67. The van der Waals surface area contributed by atoms with E-state index in [-0.39, 0.29) is 11.3 Å². The quantitative estimate of drug-likeness (QED) is 0.614. The number of nitro benzene ring substituents is 1. The Balaban J connectivity index is 2.97. The summed E-state index contributed by atoms with van der Waals surface area (Å²) in [7, 11) is 0. The standard InChI is InChI=1S/C11H11FN2O5/c1-6-2-3-7(4-9(6)14(18)19)10(15)13-8(5-12)11(16)17/h2-4,8H,5H2,1H3,(H,13,15)(H,16,17). The third kappa shape index (κ3) is 3.47. The van der Waals surface area contributed by atoms with Crippen molar-refractivity contribution < 1.29 is 24.0 Å². The van der Waals surface area contributed by atoms with E-state index in [1.54, 1.807) is 0 Å². The molecule has 0 radical (unpaired) electrons. The number of aryl methyl sites for hydroxylation is 1. The Morgan fingerprint density at radius 2 is 2.16 bits per heavy atom. The van der Waals surface area contributed by atoms with Crippen LogP contribution in [-0.2, 0) is 4.79 Å². The van der Waals surface area contributed by atoms with Crippen LogP contribution in [0.1, 0.15) is 15.9 Å². The van der Waals surface area contributed by atoms with Gasteiger partial charge < -0.3 is 10.4 Å². The lowest BCUT2D eigenvalue weighted by molar-refractivity contribution is -0.385. The van der Waals surface area contributed by atoms with Crippen LogP contribution in [0.4, 0.5) is 10.1 Å². The average Bonchev–Trinajstić information content (AvgIpc) is 2.35. The Bertz CT molecular complexity index is 532. The molecule has 0 heterocycles. The number of halogens is 1. The number of carbonyl (C=O) groups excluding carboxylic acids is 1. The van der Waals surface area contributed by atoms with E-state index < -0.39 is 29.5 Å². The highest BCUT2D eigenvalue weighted by molar-refractivity contribution is 5.97. The summed E-state index contributed by atoms with van der Waals surface area (Å²) in [6.45, 7) is 0.233. The second-order valence-electron chi connectivity index (χ2n) is 3.78. The molecule has 0 aliphatic heterocycles. The fourth-order valence-corrected chi connectivity index (χ4v) is 1.36. The number of hydrogen-bond donors (Lipinski definition) is 2. The van der Waals surface area contributed by atoms with Crippen LogP contribution in [0.15, 0.2) is 18.2 Å². The van der Waals surface area contributed by atoms with Gasteiger partial charge in [-0.2, -0.15) is 0 Å². The zero-order valence-electron chi connectivity index (χ0n) is 9.92. The predicted octanol–water partition coefficient (Wildman–Crippen LogP) is 1.06. The van der Waals surface area contributed by atoms with Gasteiger partial charge in [-0.15, -0.1) is 0 Å². The maximum atomic E-state index is 12.4. The van der Waals surface area contributed by atoms with Crippen molar-refractivity contribution >= 4 is 17.6 Å². The fourth-order valence-electron chi connectivity index (χ4n) is 1.36. The van der Waals surface area contributed by atoms with Gasteiger partial charge in [0.15, 0.2) is 6.04 Å². The van der Waals surface area contributed by atoms with Gasteiger partial charge in [-0.25, -0.2) is 9.18 Å². The molecule has 0 bridgehead atoms. The Hall–Kier alpha value is -2.51. The first-order valence-electron chi connectivity index (χ1n) is 5.21. The van der Waals surface area contributed by atoms with E-state index in [0.29, 0.717) is 5.56 Å². The number of nitrogens with zero attached hydrogens (tertiary/aromatic N) is 1. The molecule has 0 aromatic heterocycles. The number of benzene rings is 1. The van der Waals surface area contributed by atoms with Crippen molar-refractivity contribution in [1.82, 2.24) is 5.32 Å². The summed E-state index contributed by atoms with van der Waals surface area (Å²) in [4.78, 5) is 32.3. The van der Waals surface area contributed by atoms with Crippen molar-refractivity contribution in [1.29, 1.82) is 0 Å². The number of aliphatic carboxylic acids is 1. The van der Waals surface area contributed by atoms with Gasteiger partial charge in [0, 0.05) is 17.2 Å². The molecule has 1 amide bonds. The van der Waals surface area contributed by atoms with Crippen LogP contribution in [-0.4, -0.2) is 34.6 Å². The largest absolute Gasteiger partial charge is 0.480 e. The van der Waals surface area contributed by atoms with Crippen LogP contribution in [0.2, 0.25) is 0 Å². The van der Waals surface area contributed by atoms with Crippen molar-refractivity contribution in [2.24, 2.45) is 0 Å². The monoisotopic (exact) mass is 270 g/mol. The Kier molecular flexibility index (Phi) is 4.51. The minimum Gasteiger partial charge on any atom is -0.480 e. The van der Waals surface area contributed by atoms with E-state index in [0.717, 1.165) is 6.07 Å². The van der Waals surface area contributed by atoms with Gasteiger partial charge in [-0.3, -0.25) is 14.9 Å². The van der Waals surface area contributed by atoms with Gasteiger partial charge in [0.1, 0.15) is 6.67 Å². The zero-order chi connectivity index (χ0) is 14.6. The van der Waals surface area contributed by atoms with Crippen LogP contribution < -0.4 is 5.32 Å². The molecule has 102 valence electrons. The van der Waals surface area contributed by atoms with E-state index in [4.69, 9.17) is 5.11 Å². The van der Waals surface area contributed by atoms with E-state index in [9.17, 15) is 24.1 Å². The third-order valence-electron chi connectivity index (χ3n) is 2.43. The van der Waals surface area contributed by atoms with Crippen LogP contribution in [0.5, 0.6) is 0 Å². The van der Waals surface area contributed by atoms with Crippen molar-refractivity contribution in [2.45, 2.75) is 13.0 Å². The highest BCUT2D eigenvalue weighted by atomic mass is 19.1. The molecule has 1 aromatic carbocycles. The minimum absolute atomic E-state index is 0.1000. The molecule has 1 rings (SSSR count). The van der Waals surface area contributed by atoms with Gasteiger partial charge in [-0.05, 0) is 13.0 Å². The third-order valence-corrected chi connectivity index (χ3v) is 2.43. The first kappa shape index (κ1) is 14.6. The van der Waals surface area contributed by atoms with Crippen molar-refractivity contribution in [3.63, 3.8) is 0 Å². The van der Waals surface area contributed by atoms with E-state index in [1.807, 2.05) is 5.32 Å². The van der Waals surface area contributed by atoms with Crippen LogP contribution in [0.3, 0.4) is 0 Å². The number of rotatable bonds is 5. The molecule has 0 aliphatic rings. The first-order chi connectivity index (χ1) is 8.86.